The number of benzene rings is 1. The first kappa shape index (κ1) is 11.5. The molecule has 0 radical (unpaired) electrons. The van der Waals surface area contributed by atoms with Gasteiger partial charge in [-0.3, -0.25) is 4.79 Å². The molecular weight excluding hydrogens is 220 g/mol. The summed E-state index contributed by atoms with van der Waals surface area (Å²) < 4.78 is 0. The molecule has 0 saturated heterocycles. The van der Waals surface area contributed by atoms with Gasteiger partial charge in [-0.2, -0.15) is 0 Å². The van der Waals surface area contributed by atoms with Crippen LogP contribution in [0.15, 0.2) is 29.2 Å². The van der Waals surface area contributed by atoms with Crippen LogP contribution < -0.4 is 0 Å². The van der Waals surface area contributed by atoms with Crippen molar-refractivity contribution in [3.05, 3.63) is 29.8 Å². The average molecular weight is 236 g/mol. The molecule has 0 aromatic heterocycles. The van der Waals surface area contributed by atoms with Crippen molar-refractivity contribution in [3.63, 3.8) is 0 Å². The van der Waals surface area contributed by atoms with Gasteiger partial charge < -0.3 is 5.11 Å². The van der Waals surface area contributed by atoms with Crippen molar-refractivity contribution in [1.82, 2.24) is 0 Å². The van der Waals surface area contributed by atoms with Crippen molar-refractivity contribution in [2.24, 2.45) is 0 Å². The molecule has 0 bridgehead atoms. The van der Waals surface area contributed by atoms with Gasteiger partial charge in [-0.05, 0) is 30.7 Å². The molecule has 1 aliphatic carbocycles. The van der Waals surface area contributed by atoms with Crippen molar-refractivity contribution >= 4 is 17.7 Å². The molecule has 1 N–H and O–H groups in total. The number of thioether (sulfide) groups is 1. The van der Waals surface area contributed by atoms with Crippen LogP contribution in [0.5, 0.6) is 0 Å². The lowest BCUT2D eigenvalue weighted by Gasteiger charge is -2.26. The summed E-state index contributed by atoms with van der Waals surface area (Å²) in [5, 5.41) is 9.53. The van der Waals surface area contributed by atoms with Crippen molar-refractivity contribution in [2.45, 2.75) is 36.0 Å². The van der Waals surface area contributed by atoms with E-state index >= 15 is 0 Å². The zero-order valence-electron chi connectivity index (χ0n) is 9.40. The molecule has 0 amide bonds. The second-order valence-electron chi connectivity index (χ2n) is 4.29. The van der Waals surface area contributed by atoms with Gasteiger partial charge in [0, 0.05) is 4.90 Å². The Kier molecular flexibility index (Phi) is 3.24. The number of aliphatic carboxylic acids is 1. The molecule has 86 valence electrons. The second kappa shape index (κ2) is 4.50. The molecule has 3 heteroatoms. The fourth-order valence-corrected chi connectivity index (χ4v) is 3.31. The van der Waals surface area contributed by atoms with Gasteiger partial charge in [0.25, 0.3) is 0 Å². The quantitative estimate of drug-likeness (QED) is 0.818. The molecular formula is C13H16O2S. The van der Waals surface area contributed by atoms with Crippen LogP contribution in [0.25, 0.3) is 0 Å². The van der Waals surface area contributed by atoms with Crippen molar-refractivity contribution < 1.29 is 9.90 Å². The largest absolute Gasteiger partial charge is 0.481 e. The minimum absolute atomic E-state index is 0.625. The van der Waals surface area contributed by atoms with Crippen LogP contribution in [0.4, 0.5) is 0 Å². The van der Waals surface area contributed by atoms with E-state index in [1.807, 2.05) is 30.5 Å². The van der Waals surface area contributed by atoms with E-state index in [1.54, 1.807) is 11.8 Å². The van der Waals surface area contributed by atoms with Gasteiger partial charge in [-0.25, -0.2) is 0 Å². The van der Waals surface area contributed by atoms with E-state index in [-0.39, 0.29) is 0 Å². The number of rotatable bonds is 3. The Morgan fingerprint density at radius 1 is 1.31 bits per heavy atom. The maximum Gasteiger partial charge on any atom is 0.314 e. The molecule has 16 heavy (non-hydrogen) atoms. The van der Waals surface area contributed by atoms with E-state index < -0.39 is 11.4 Å². The highest BCUT2D eigenvalue weighted by Gasteiger charge is 2.43. The Balaban J connectivity index is 2.51. The van der Waals surface area contributed by atoms with Gasteiger partial charge >= 0.3 is 5.97 Å². The Bertz CT molecular complexity index is 395. The highest BCUT2D eigenvalue weighted by atomic mass is 32.2. The Labute approximate surface area is 100 Å². The van der Waals surface area contributed by atoms with Crippen LogP contribution in [-0.2, 0) is 10.2 Å². The van der Waals surface area contributed by atoms with Crippen LogP contribution in [0.3, 0.4) is 0 Å². The standard InChI is InChI=1S/C13H16O2S/c1-16-11-7-3-2-6-10(11)13(12(14)15)8-4-5-9-13/h2-3,6-7H,4-5,8-9H2,1H3,(H,14,15). The Morgan fingerprint density at radius 2 is 1.94 bits per heavy atom. The highest BCUT2D eigenvalue weighted by molar-refractivity contribution is 7.98. The lowest BCUT2D eigenvalue weighted by atomic mass is 9.79. The minimum Gasteiger partial charge on any atom is -0.481 e. The van der Waals surface area contributed by atoms with Crippen molar-refractivity contribution in [2.75, 3.05) is 6.26 Å². The molecule has 1 saturated carbocycles. The lowest BCUT2D eigenvalue weighted by Crippen LogP contribution is -2.33. The number of hydrogen-bond donors (Lipinski definition) is 1. The third kappa shape index (κ3) is 1.73. The van der Waals surface area contributed by atoms with Gasteiger partial charge in [-0.15, -0.1) is 11.8 Å². The summed E-state index contributed by atoms with van der Waals surface area (Å²) in [4.78, 5) is 12.7. The van der Waals surface area contributed by atoms with E-state index in [4.69, 9.17) is 0 Å². The van der Waals surface area contributed by atoms with Gasteiger partial charge in [0.1, 0.15) is 0 Å². The van der Waals surface area contributed by atoms with Gasteiger partial charge in [-0.1, -0.05) is 31.0 Å². The first-order valence-electron chi connectivity index (χ1n) is 5.57. The normalized spacial score (nSPS) is 18.6. The van der Waals surface area contributed by atoms with Gasteiger partial charge in [0.05, 0.1) is 5.41 Å². The maximum absolute atomic E-state index is 11.6. The van der Waals surface area contributed by atoms with Crippen LogP contribution in [0, 0.1) is 0 Å². The van der Waals surface area contributed by atoms with Crippen LogP contribution >= 0.6 is 11.8 Å². The van der Waals surface area contributed by atoms with Crippen LogP contribution in [0.2, 0.25) is 0 Å². The highest BCUT2D eigenvalue weighted by Crippen LogP contribution is 2.44. The predicted molar refractivity (Wildman–Crippen MR) is 66.0 cm³/mol. The van der Waals surface area contributed by atoms with E-state index in [9.17, 15) is 9.90 Å². The van der Waals surface area contributed by atoms with Crippen LogP contribution in [-0.4, -0.2) is 17.3 Å². The van der Waals surface area contributed by atoms with E-state index in [2.05, 4.69) is 0 Å². The number of hydrogen-bond acceptors (Lipinski definition) is 2. The summed E-state index contributed by atoms with van der Waals surface area (Å²) >= 11 is 1.63. The Hall–Kier alpha value is -0.960. The number of carboxylic acids is 1. The van der Waals surface area contributed by atoms with Gasteiger partial charge in [0.15, 0.2) is 0 Å². The lowest BCUT2D eigenvalue weighted by molar-refractivity contribution is -0.143. The molecule has 1 aromatic carbocycles. The SMILES string of the molecule is CSc1ccccc1C1(C(=O)O)CCCC1. The fourth-order valence-electron chi connectivity index (χ4n) is 2.62. The summed E-state index contributed by atoms with van der Waals surface area (Å²) in [6.45, 7) is 0. The summed E-state index contributed by atoms with van der Waals surface area (Å²) in [7, 11) is 0. The predicted octanol–water partition coefficient (Wildman–Crippen LogP) is 3.30. The average Bonchev–Trinajstić information content (AvgIpc) is 2.79. The second-order valence-corrected chi connectivity index (χ2v) is 5.14. The molecule has 0 heterocycles. The summed E-state index contributed by atoms with van der Waals surface area (Å²) in [6.07, 6.45) is 5.60. The molecule has 0 atom stereocenters. The molecule has 1 fully saturated rings. The molecule has 2 nitrogen and oxygen atoms in total. The van der Waals surface area contributed by atoms with E-state index in [0.717, 1.165) is 36.1 Å². The monoisotopic (exact) mass is 236 g/mol. The molecule has 1 aliphatic rings. The zero-order chi connectivity index (χ0) is 11.6. The molecule has 0 spiro atoms. The van der Waals surface area contributed by atoms with E-state index in [1.165, 1.54) is 0 Å². The molecule has 0 aliphatic heterocycles. The summed E-state index contributed by atoms with van der Waals surface area (Å²) in [5.41, 5.74) is 0.382. The van der Waals surface area contributed by atoms with Gasteiger partial charge in [0.2, 0.25) is 0 Å². The van der Waals surface area contributed by atoms with Crippen molar-refractivity contribution in [1.29, 1.82) is 0 Å². The first-order chi connectivity index (χ1) is 7.70. The number of carbonyl (C=O) groups is 1. The third-order valence-corrected chi connectivity index (χ3v) is 4.28. The fraction of sp³-hybridized carbons (Fsp3) is 0.462. The Morgan fingerprint density at radius 3 is 2.50 bits per heavy atom. The first-order valence-corrected chi connectivity index (χ1v) is 6.80. The molecule has 1 aromatic rings. The van der Waals surface area contributed by atoms with Crippen molar-refractivity contribution in [3.8, 4) is 0 Å². The molecule has 0 unspecified atom stereocenters. The van der Waals surface area contributed by atoms with E-state index in [0.29, 0.717) is 0 Å². The topological polar surface area (TPSA) is 37.3 Å². The summed E-state index contributed by atoms with van der Waals surface area (Å²) in [6, 6.07) is 7.91. The maximum atomic E-state index is 11.6. The summed E-state index contributed by atoms with van der Waals surface area (Å²) in [5.74, 6) is -0.661. The smallest absolute Gasteiger partial charge is 0.314 e. The minimum atomic E-state index is -0.661. The number of carboxylic acid groups (broad SMARTS) is 1. The zero-order valence-corrected chi connectivity index (χ0v) is 10.2. The molecule has 2 rings (SSSR count). The van der Waals surface area contributed by atoms with Crippen LogP contribution in [0.1, 0.15) is 31.2 Å². The third-order valence-electron chi connectivity index (χ3n) is 3.49.